The number of hydrogen-bond acceptors (Lipinski definition) is 9. The predicted molar refractivity (Wildman–Crippen MR) is 178 cm³/mol. The number of phenols is 6. The number of carbonyl (C=O) groups excluding carboxylic acids is 3. The fourth-order valence-electron chi connectivity index (χ4n) is 5.54. The minimum absolute atomic E-state index is 0.0647. The standard InChI is InChI=1S/C36H35N3O9/c40-21-16-25-23(5-3-8-30(25)42)27(18-21)34(46)37-13-2-1-7-29(36(48)38-14-12-20-10-11-32(44)33(45)15-20)39-35(47)28-19-22(41)17-26-24(28)6-4-9-31(26)43/h3-6,8-11,15-19,29,40-45H,1-2,7,12-14H2,(H,37,46)(H,38,48)(H,39,47)/t29-/m0/s1. The fraction of sp³-hybridized carbons (Fsp3) is 0.194. The number of aromatic hydroxyl groups is 6. The molecule has 0 bridgehead atoms. The van der Waals surface area contributed by atoms with Crippen LogP contribution < -0.4 is 16.0 Å². The first kappa shape index (κ1) is 33.2. The molecule has 0 unspecified atom stereocenters. The first-order chi connectivity index (χ1) is 23.0. The van der Waals surface area contributed by atoms with Crippen molar-refractivity contribution in [2.24, 2.45) is 0 Å². The molecule has 0 fully saturated rings. The Labute approximate surface area is 274 Å². The normalized spacial score (nSPS) is 11.7. The van der Waals surface area contributed by atoms with E-state index in [-0.39, 0.29) is 70.5 Å². The van der Waals surface area contributed by atoms with Gasteiger partial charge in [0.15, 0.2) is 11.5 Å². The summed E-state index contributed by atoms with van der Waals surface area (Å²) >= 11 is 0. The first-order valence-electron chi connectivity index (χ1n) is 15.3. The number of benzene rings is 5. The number of unbranched alkanes of at least 4 members (excludes halogenated alkanes) is 1. The molecule has 248 valence electrons. The van der Waals surface area contributed by atoms with Crippen molar-refractivity contribution in [3.8, 4) is 34.5 Å². The lowest BCUT2D eigenvalue weighted by Crippen LogP contribution is -2.47. The van der Waals surface area contributed by atoms with Crippen molar-refractivity contribution >= 4 is 39.3 Å². The summed E-state index contributed by atoms with van der Waals surface area (Å²) in [5.41, 5.74) is 0.925. The second kappa shape index (κ2) is 14.5. The molecule has 0 saturated carbocycles. The molecule has 0 spiro atoms. The zero-order valence-electron chi connectivity index (χ0n) is 25.7. The molecule has 5 aromatic carbocycles. The Hall–Kier alpha value is -6.17. The number of rotatable bonds is 12. The molecule has 3 amide bonds. The van der Waals surface area contributed by atoms with E-state index in [1.54, 1.807) is 30.3 Å². The van der Waals surface area contributed by atoms with Crippen LogP contribution in [0.1, 0.15) is 45.5 Å². The van der Waals surface area contributed by atoms with Gasteiger partial charge in [-0.25, -0.2) is 0 Å². The molecule has 0 saturated heterocycles. The summed E-state index contributed by atoms with van der Waals surface area (Å²) in [6.45, 7) is 0.389. The van der Waals surface area contributed by atoms with Crippen LogP contribution in [-0.2, 0) is 11.2 Å². The van der Waals surface area contributed by atoms with Gasteiger partial charge in [0.05, 0.1) is 11.1 Å². The van der Waals surface area contributed by atoms with Crippen LogP contribution in [0.2, 0.25) is 0 Å². The molecule has 48 heavy (non-hydrogen) atoms. The Morgan fingerprint density at radius 1 is 0.562 bits per heavy atom. The van der Waals surface area contributed by atoms with E-state index in [4.69, 9.17) is 0 Å². The largest absolute Gasteiger partial charge is 0.508 e. The monoisotopic (exact) mass is 653 g/mol. The van der Waals surface area contributed by atoms with Crippen LogP contribution in [0.5, 0.6) is 34.5 Å². The quantitative estimate of drug-likeness (QED) is 0.0694. The third-order valence-electron chi connectivity index (χ3n) is 7.98. The van der Waals surface area contributed by atoms with Crippen molar-refractivity contribution in [1.82, 2.24) is 16.0 Å². The van der Waals surface area contributed by atoms with Crippen LogP contribution in [0.3, 0.4) is 0 Å². The van der Waals surface area contributed by atoms with E-state index in [2.05, 4.69) is 16.0 Å². The number of nitrogens with one attached hydrogen (secondary N) is 3. The molecule has 0 aliphatic carbocycles. The Bertz CT molecular complexity index is 2010. The molecule has 0 heterocycles. The van der Waals surface area contributed by atoms with Gasteiger partial charge < -0.3 is 46.6 Å². The summed E-state index contributed by atoms with van der Waals surface area (Å²) in [5, 5.41) is 69.8. The lowest BCUT2D eigenvalue weighted by Gasteiger charge is -2.20. The van der Waals surface area contributed by atoms with Crippen molar-refractivity contribution in [3.05, 3.63) is 95.6 Å². The summed E-state index contributed by atoms with van der Waals surface area (Å²) < 4.78 is 0. The van der Waals surface area contributed by atoms with Crippen molar-refractivity contribution in [2.45, 2.75) is 31.7 Å². The Morgan fingerprint density at radius 3 is 1.77 bits per heavy atom. The van der Waals surface area contributed by atoms with Crippen LogP contribution in [-0.4, -0.2) is 67.5 Å². The SMILES string of the molecule is O=C(NCCCC[C@H](NC(=O)c1cc(O)cc2c(O)cccc12)C(=O)NCCc1ccc(O)c(O)c1)c1cc(O)cc2c(O)cccc12. The van der Waals surface area contributed by atoms with Crippen LogP contribution >= 0.6 is 0 Å². The second-order valence-electron chi connectivity index (χ2n) is 11.4. The molecule has 12 heteroatoms. The number of fused-ring (bicyclic) bond motifs is 2. The molecule has 5 rings (SSSR count). The minimum atomic E-state index is -1.01. The summed E-state index contributed by atoms with van der Waals surface area (Å²) in [4.78, 5) is 39.8. The van der Waals surface area contributed by atoms with E-state index >= 15 is 0 Å². The highest BCUT2D eigenvalue weighted by atomic mass is 16.3. The maximum atomic E-state index is 13.5. The molecule has 5 aromatic rings. The highest BCUT2D eigenvalue weighted by molar-refractivity contribution is 6.10. The van der Waals surface area contributed by atoms with E-state index in [1.165, 1.54) is 48.5 Å². The topological polar surface area (TPSA) is 209 Å². The number of phenolic OH excluding ortho intramolecular Hbond substituents is 6. The molecule has 0 aromatic heterocycles. The second-order valence-corrected chi connectivity index (χ2v) is 11.4. The van der Waals surface area contributed by atoms with Gasteiger partial charge in [-0.15, -0.1) is 0 Å². The smallest absolute Gasteiger partial charge is 0.252 e. The number of carbonyl (C=O) groups is 3. The first-order valence-corrected chi connectivity index (χ1v) is 15.3. The van der Waals surface area contributed by atoms with Crippen LogP contribution in [0, 0.1) is 0 Å². The molecule has 0 aliphatic rings. The van der Waals surface area contributed by atoms with Gasteiger partial charge in [-0.3, -0.25) is 14.4 Å². The Kier molecular flexibility index (Phi) is 10.0. The van der Waals surface area contributed by atoms with Crippen molar-refractivity contribution < 1.29 is 45.0 Å². The maximum absolute atomic E-state index is 13.5. The Balaban J connectivity index is 1.25. The number of hydrogen-bond donors (Lipinski definition) is 9. The predicted octanol–water partition coefficient (Wildman–Crippen LogP) is 4.28. The zero-order chi connectivity index (χ0) is 34.4. The summed E-state index contributed by atoms with van der Waals surface area (Å²) in [6.07, 6.45) is 1.37. The fourth-order valence-corrected chi connectivity index (χ4v) is 5.54. The average molecular weight is 654 g/mol. The van der Waals surface area contributed by atoms with Crippen molar-refractivity contribution in [2.75, 3.05) is 13.1 Å². The third-order valence-corrected chi connectivity index (χ3v) is 7.98. The van der Waals surface area contributed by atoms with Crippen LogP contribution in [0.15, 0.2) is 78.9 Å². The summed E-state index contributed by atoms with van der Waals surface area (Å²) in [7, 11) is 0. The molecular weight excluding hydrogens is 618 g/mol. The molecule has 0 aliphatic heterocycles. The van der Waals surface area contributed by atoms with Gasteiger partial charge in [0, 0.05) is 23.9 Å². The molecule has 12 nitrogen and oxygen atoms in total. The Morgan fingerprint density at radius 2 is 1.17 bits per heavy atom. The molecule has 9 N–H and O–H groups in total. The number of amides is 3. The van der Waals surface area contributed by atoms with E-state index in [0.29, 0.717) is 41.0 Å². The zero-order valence-corrected chi connectivity index (χ0v) is 25.7. The molecule has 0 radical (unpaired) electrons. The van der Waals surface area contributed by atoms with E-state index in [9.17, 15) is 45.0 Å². The minimum Gasteiger partial charge on any atom is -0.508 e. The van der Waals surface area contributed by atoms with Crippen molar-refractivity contribution in [1.29, 1.82) is 0 Å². The van der Waals surface area contributed by atoms with Gasteiger partial charge in [-0.1, -0.05) is 30.3 Å². The summed E-state index contributed by atoms with van der Waals surface area (Å²) in [5.74, 6) is -2.71. The molecule has 1 atom stereocenters. The summed E-state index contributed by atoms with van der Waals surface area (Å²) in [6, 6.07) is 17.9. The third kappa shape index (κ3) is 7.61. The van der Waals surface area contributed by atoms with Gasteiger partial charge in [-0.2, -0.15) is 0 Å². The van der Waals surface area contributed by atoms with Gasteiger partial charge in [0.1, 0.15) is 29.0 Å². The highest BCUT2D eigenvalue weighted by Gasteiger charge is 2.23. The van der Waals surface area contributed by atoms with Crippen LogP contribution in [0.4, 0.5) is 0 Å². The van der Waals surface area contributed by atoms with E-state index in [0.717, 1.165) is 0 Å². The van der Waals surface area contributed by atoms with E-state index < -0.39 is 23.8 Å². The lowest BCUT2D eigenvalue weighted by molar-refractivity contribution is -0.123. The lowest BCUT2D eigenvalue weighted by atomic mass is 10.0. The van der Waals surface area contributed by atoms with Crippen molar-refractivity contribution in [3.63, 3.8) is 0 Å². The van der Waals surface area contributed by atoms with Gasteiger partial charge in [0.2, 0.25) is 5.91 Å². The van der Waals surface area contributed by atoms with Crippen LogP contribution in [0.25, 0.3) is 21.5 Å². The van der Waals surface area contributed by atoms with Gasteiger partial charge >= 0.3 is 0 Å². The maximum Gasteiger partial charge on any atom is 0.252 e. The molecular formula is C36H35N3O9. The van der Waals surface area contributed by atoms with E-state index in [1.807, 2.05) is 0 Å². The highest BCUT2D eigenvalue weighted by Crippen LogP contribution is 2.32. The van der Waals surface area contributed by atoms with Gasteiger partial charge in [-0.05, 0) is 90.6 Å². The van der Waals surface area contributed by atoms with Gasteiger partial charge in [0.25, 0.3) is 11.8 Å². The average Bonchev–Trinajstić information content (AvgIpc) is 3.05.